The number of rotatable bonds is 6. The lowest BCUT2D eigenvalue weighted by molar-refractivity contribution is -0.126. The maximum Gasteiger partial charge on any atom is 0.243 e. The summed E-state index contributed by atoms with van der Waals surface area (Å²) in [6, 6.07) is 12.3. The van der Waals surface area contributed by atoms with E-state index < -0.39 is 10.0 Å². The van der Waals surface area contributed by atoms with Crippen LogP contribution in [0, 0.1) is 19.8 Å². The fourth-order valence-electron chi connectivity index (χ4n) is 3.82. The Labute approximate surface area is 184 Å². The highest BCUT2D eigenvalue weighted by Crippen LogP contribution is 2.26. The quantitative estimate of drug-likeness (QED) is 0.700. The lowest BCUT2D eigenvalue weighted by atomic mass is 9.96. The number of amides is 1. The molecule has 2 aromatic carbocycles. The molecule has 7 heteroatoms. The third-order valence-corrected chi connectivity index (χ3v) is 8.00. The van der Waals surface area contributed by atoms with Crippen LogP contribution in [-0.2, 0) is 14.8 Å². The SMILES string of the molecule is CCC(NC(=O)C1CCCN(S(=O)(=O)c2ccc(Cl)cc2)C1)c1ccc(C)c(C)c1. The molecule has 0 spiro atoms. The van der Waals surface area contributed by atoms with Crippen molar-refractivity contribution in [2.24, 2.45) is 5.92 Å². The van der Waals surface area contributed by atoms with Crippen molar-refractivity contribution in [3.05, 3.63) is 64.2 Å². The summed E-state index contributed by atoms with van der Waals surface area (Å²) in [6.45, 7) is 6.78. The maximum absolute atomic E-state index is 13.0. The molecule has 0 saturated carbocycles. The average molecular weight is 449 g/mol. The fourth-order valence-corrected chi connectivity index (χ4v) is 5.47. The van der Waals surface area contributed by atoms with Gasteiger partial charge in [0.15, 0.2) is 0 Å². The molecule has 0 bridgehead atoms. The number of carbonyl (C=O) groups excluding carboxylic acids is 1. The summed E-state index contributed by atoms with van der Waals surface area (Å²) >= 11 is 5.88. The Morgan fingerprint density at radius 1 is 1.17 bits per heavy atom. The van der Waals surface area contributed by atoms with E-state index in [1.165, 1.54) is 27.6 Å². The Morgan fingerprint density at radius 2 is 1.87 bits per heavy atom. The van der Waals surface area contributed by atoms with Crippen molar-refractivity contribution >= 4 is 27.5 Å². The van der Waals surface area contributed by atoms with Crippen molar-refractivity contribution in [3.8, 4) is 0 Å². The minimum absolute atomic E-state index is 0.0833. The van der Waals surface area contributed by atoms with Gasteiger partial charge in [0.05, 0.1) is 16.9 Å². The van der Waals surface area contributed by atoms with Gasteiger partial charge in [-0.25, -0.2) is 8.42 Å². The molecule has 5 nitrogen and oxygen atoms in total. The van der Waals surface area contributed by atoms with E-state index in [0.717, 1.165) is 12.0 Å². The third-order valence-electron chi connectivity index (χ3n) is 5.86. The monoisotopic (exact) mass is 448 g/mol. The van der Waals surface area contributed by atoms with Crippen LogP contribution in [0.25, 0.3) is 0 Å². The van der Waals surface area contributed by atoms with Crippen molar-refractivity contribution in [2.75, 3.05) is 13.1 Å². The Hall–Kier alpha value is -1.89. The highest BCUT2D eigenvalue weighted by atomic mass is 35.5. The Kier molecular flexibility index (Phi) is 7.22. The maximum atomic E-state index is 13.0. The van der Waals surface area contributed by atoms with Crippen LogP contribution in [0.3, 0.4) is 0 Å². The number of carbonyl (C=O) groups is 1. The molecule has 3 rings (SSSR count). The standard InChI is InChI=1S/C23H29ClN2O3S/c1-4-22(18-8-7-16(2)17(3)14-18)25-23(27)19-6-5-13-26(15-19)30(28,29)21-11-9-20(24)10-12-21/h7-12,14,19,22H,4-6,13,15H2,1-3H3,(H,25,27). The molecule has 0 aliphatic carbocycles. The number of hydrogen-bond donors (Lipinski definition) is 1. The summed E-state index contributed by atoms with van der Waals surface area (Å²) in [7, 11) is -3.65. The van der Waals surface area contributed by atoms with Gasteiger partial charge in [-0.1, -0.05) is 36.7 Å². The molecule has 1 aliphatic heterocycles. The van der Waals surface area contributed by atoms with Gasteiger partial charge in [0.1, 0.15) is 0 Å². The minimum atomic E-state index is -3.65. The lowest BCUT2D eigenvalue weighted by Gasteiger charge is -2.32. The van der Waals surface area contributed by atoms with Crippen molar-refractivity contribution in [3.63, 3.8) is 0 Å². The highest BCUT2D eigenvalue weighted by Gasteiger charge is 2.34. The Bertz CT molecular complexity index is 1010. The number of nitrogens with one attached hydrogen (secondary N) is 1. The summed E-state index contributed by atoms with van der Waals surface area (Å²) in [5.41, 5.74) is 3.49. The number of hydrogen-bond acceptors (Lipinski definition) is 3. The first kappa shape index (κ1) is 22.8. The van der Waals surface area contributed by atoms with E-state index in [4.69, 9.17) is 11.6 Å². The van der Waals surface area contributed by atoms with Gasteiger partial charge in [0.2, 0.25) is 15.9 Å². The molecule has 1 N–H and O–H groups in total. The number of sulfonamides is 1. The molecule has 1 aliphatic rings. The fraction of sp³-hybridized carbons (Fsp3) is 0.435. The smallest absolute Gasteiger partial charge is 0.243 e. The van der Waals surface area contributed by atoms with E-state index in [2.05, 4.69) is 37.4 Å². The molecule has 1 amide bonds. The number of benzene rings is 2. The first-order chi connectivity index (χ1) is 14.2. The minimum Gasteiger partial charge on any atom is -0.349 e. The van der Waals surface area contributed by atoms with E-state index in [1.807, 2.05) is 6.92 Å². The number of halogens is 1. The van der Waals surface area contributed by atoms with E-state index in [9.17, 15) is 13.2 Å². The van der Waals surface area contributed by atoms with Gasteiger partial charge >= 0.3 is 0 Å². The molecule has 0 radical (unpaired) electrons. The highest BCUT2D eigenvalue weighted by molar-refractivity contribution is 7.89. The normalized spacial score (nSPS) is 18.7. The molecule has 2 aromatic rings. The van der Waals surface area contributed by atoms with Gasteiger partial charge in [0.25, 0.3) is 0 Å². The van der Waals surface area contributed by atoms with Crippen LogP contribution < -0.4 is 5.32 Å². The number of aryl methyl sites for hydroxylation is 2. The van der Waals surface area contributed by atoms with Crippen molar-refractivity contribution < 1.29 is 13.2 Å². The zero-order chi connectivity index (χ0) is 21.9. The molecule has 30 heavy (non-hydrogen) atoms. The summed E-state index contributed by atoms with van der Waals surface area (Å²) in [5.74, 6) is -0.447. The van der Waals surface area contributed by atoms with Crippen molar-refractivity contribution in [1.29, 1.82) is 0 Å². The van der Waals surface area contributed by atoms with Crippen LogP contribution in [0.5, 0.6) is 0 Å². The van der Waals surface area contributed by atoms with Crippen molar-refractivity contribution in [1.82, 2.24) is 9.62 Å². The molecule has 2 unspecified atom stereocenters. The van der Waals surface area contributed by atoms with Crippen LogP contribution >= 0.6 is 11.6 Å². The molecular weight excluding hydrogens is 420 g/mol. The lowest BCUT2D eigenvalue weighted by Crippen LogP contribution is -2.46. The van der Waals surface area contributed by atoms with Crippen LogP contribution in [-0.4, -0.2) is 31.7 Å². The van der Waals surface area contributed by atoms with E-state index in [0.29, 0.717) is 24.4 Å². The van der Waals surface area contributed by atoms with Gasteiger partial charge < -0.3 is 5.32 Å². The predicted octanol–water partition coefficient (Wildman–Crippen LogP) is 4.63. The van der Waals surface area contributed by atoms with Gasteiger partial charge in [-0.2, -0.15) is 4.31 Å². The van der Waals surface area contributed by atoms with E-state index in [-0.39, 0.29) is 29.3 Å². The summed E-state index contributed by atoms with van der Waals surface area (Å²) < 4.78 is 27.4. The Morgan fingerprint density at radius 3 is 2.50 bits per heavy atom. The summed E-state index contributed by atoms with van der Waals surface area (Å²) in [5, 5.41) is 3.63. The van der Waals surface area contributed by atoms with E-state index in [1.54, 1.807) is 12.1 Å². The number of nitrogens with zero attached hydrogens (tertiary/aromatic N) is 1. The second-order valence-electron chi connectivity index (χ2n) is 7.97. The topological polar surface area (TPSA) is 66.5 Å². The Balaban J connectivity index is 1.71. The zero-order valence-corrected chi connectivity index (χ0v) is 19.3. The predicted molar refractivity (Wildman–Crippen MR) is 120 cm³/mol. The van der Waals surface area contributed by atoms with Gasteiger partial charge in [0, 0.05) is 18.1 Å². The molecule has 2 atom stereocenters. The van der Waals surface area contributed by atoms with Crippen LogP contribution in [0.1, 0.15) is 48.9 Å². The average Bonchev–Trinajstić information content (AvgIpc) is 2.74. The van der Waals surface area contributed by atoms with Crippen molar-refractivity contribution in [2.45, 2.75) is 51.0 Å². The second kappa shape index (κ2) is 9.50. The van der Waals surface area contributed by atoms with E-state index >= 15 is 0 Å². The second-order valence-corrected chi connectivity index (χ2v) is 10.3. The van der Waals surface area contributed by atoms with Crippen LogP contribution in [0.4, 0.5) is 0 Å². The van der Waals surface area contributed by atoms with Crippen LogP contribution in [0.15, 0.2) is 47.4 Å². The van der Waals surface area contributed by atoms with Crippen LogP contribution in [0.2, 0.25) is 5.02 Å². The molecule has 1 heterocycles. The summed E-state index contributed by atoms with van der Waals surface area (Å²) in [6.07, 6.45) is 2.11. The van der Waals surface area contributed by atoms with Gasteiger partial charge in [-0.3, -0.25) is 4.79 Å². The number of piperidine rings is 1. The molecule has 1 fully saturated rings. The molecule has 0 aromatic heterocycles. The molecular formula is C23H29ClN2O3S. The molecule has 1 saturated heterocycles. The third kappa shape index (κ3) is 5.05. The van der Waals surface area contributed by atoms with Gasteiger partial charge in [-0.15, -0.1) is 0 Å². The van der Waals surface area contributed by atoms with Gasteiger partial charge in [-0.05, 0) is 74.1 Å². The largest absolute Gasteiger partial charge is 0.349 e. The first-order valence-electron chi connectivity index (χ1n) is 10.4. The molecule has 162 valence electrons. The summed E-state index contributed by atoms with van der Waals surface area (Å²) in [4.78, 5) is 13.2. The first-order valence-corrected chi connectivity index (χ1v) is 12.2. The zero-order valence-electron chi connectivity index (χ0n) is 17.7.